The fraction of sp³-hybridized carbons (Fsp3) is 0.429. The maximum Gasteiger partial charge on any atom is 0.264 e. The molecular formula is C14H18FN3O2. The van der Waals surface area contributed by atoms with Crippen LogP contribution in [0.15, 0.2) is 29.4 Å². The van der Waals surface area contributed by atoms with E-state index in [1.54, 1.807) is 12.1 Å². The Morgan fingerprint density at radius 1 is 1.55 bits per heavy atom. The van der Waals surface area contributed by atoms with Crippen molar-refractivity contribution in [2.75, 3.05) is 27.2 Å². The van der Waals surface area contributed by atoms with Crippen molar-refractivity contribution in [1.82, 2.24) is 10.2 Å². The van der Waals surface area contributed by atoms with Gasteiger partial charge in [-0.2, -0.15) is 0 Å². The molecule has 0 radical (unpaired) electrons. The minimum absolute atomic E-state index is 0.193. The van der Waals surface area contributed by atoms with E-state index >= 15 is 0 Å². The van der Waals surface area contributed by atoms with Gasteiger partial charge in [0.1, 0.15) is 5.82 Å². The Hall–Kier alpha value is -1.95. The predicted octanol–water partition coefficient (Wildman–Crippen LogP) is 0.997. The standard InChI is InChI=1S/C14H18FN3O2/c1-18(2)7-6-16-14(19)13-9-12(17-20-13)10-4-3-5-11(15)8-10/h3-5,8,13H,6-7,9H2,1-2H3,(H,16,19). The average molecular weight is 279 g/mol. The van der Waals surface area contributed by atoms with Crippen LogP contribution in [0.1, 0.15) is 12.0 Å². The number of halogens is 1. The van der Waals surface area contributed by atoms with Crippen molar-refractivity contribution in [2.24, 2.45) is 5.16 Å². The number of oxime groups is 1. The molecule has 1 N–H and O–H groups in total. The number of carbonyl (C=O) groups excluding carboxylic acids is 1. The quantitative estimate of drug-likeness (QED) is 0.874. The molecule has 1 amide bonds. The Morgan fingerprint density at radius 2 is 2.35 bits per heavy atom. The van der Waals surface area contributed by atoms with E-state index in [9.17, 15) is 9.18 Å². The highest BCUT2D eigenvalue weighted by molar-refractivity contribution is 6.04. The normalized spacial score (nSPS) is 17.8. The van der Waals surface area contributed by atoms with Gasteiger partial charge < -0.3 is 15.1 Å². The fourth-order valence-corrected chi connectivity index (χ4v) is 1.87. The van der Waals surface area contributed by atoms with Crippen molar-refractivity contribution in [3.05, 3.63) is 35.6 Å². The van der Waals surface area contributed by atoms with E-state index in [-0.39, 0.29) is 11.7 Å². The zero-order chi connectivity index (χ0) is 14.5. The summed E-state index contributed by atoms with van der Waals surface area (Å²) in [5, 5.41) is 6.66. The van der Waals surface area contributed by atoms with Gasteiger partial charge in [0.15, 0.2) is 0 Å². The van der Waals surface area contributed by atoms with Crippen molar-refractivity contribution in [1.29, 1.82) is 0 Å². The maximum atomic E-state index is 13.1. The molecule has 1 aliphatic heterocycles. The third-order valence-corrected chi connectivity index (χ3v) is 2.98. The summed E-state index contributed by atoms with van der Waals surface area (Å²) in [5.41, 5.74) is 1.24. The van der Waals surface area contributed by atoms with E-state index in [0.29, 0.717) is 24.2 Å². The molecule has 1 aromatic rings. The van der Waals surface area contributed by atoms with Crippen LogP contribution in [-0.4, -0.2) is 49.8 Å². The number of benzene rings is 1. The van der Waals surface area contributed by atoms with Gasteiger partial charge in [0, 0.05) is 25.1 Å². The van der Waals surface area contributed by atoms with Crippen LogP contribution < -0.4 is 5.32 Å². The first-order valence-corrected chi connectivity index (χ1v) is 6.47. The van der Waals surface area contributed by atoms with E-state index in [2.05, 4.69) is 10.5 Å². The molecule has 1 aliphatic rings. The Balaban J connectivity index is 1.86. The molecule has 0 saturated carbocycles. The summed E-state index contributed by atoms with van der Waals surface area (Å²) < 4.78 is 13.1. The molecule has 0 fully saturated rings. The Bertz CT molecular complexity index is 517. The van der Waals surface area contributed by atoms with Gasteiger partial charge in [-0.15, -0.1) is 0 Å². The Labute approximate surface area is 117 Å². The molecular weight excluding hydrogens is 261 g/mol. The van der Waals surface area contributed by atoms with Gasteiger partial charge in [0.2, 0.25) is 6.10 Å². The van der Waals surface area contributed by atoms with E-state index in [0.717, 1.165) is 6.54 Å². The smallest absolute Gasteiger partial charge is 0.264 e. The molecule has 1 aromatic carbocycles. The molecule has 1 atom stereocenters. The summed E-state index contributed by atoms with van der Waals surface area (Å²) >= 11 is 0. The zero-order valence-corrected chi connectivity index (χ0v) is 11.6. The van der Waals surface area contributed by atoms with Crippen LogP contribution in [0, 0.1) is 5.82 Å². The topological polar surface area (TPSA) is 53.9 Å². The number of rotatable bonds is 5. The average Bonchev–Trinajstić information content (AvgIpc) is 2.87. The van der Waals surface area contributed by atoms with Gasteiger partial charge >= 0.3 is 0 Å². The summed E-state index contributed by atoms with van der Waals surface area (Å²) in [4.78, 5) is 19.0. The first kappa shape index (κ1) is 14.5. The number of hydrogen-bond donors (Lipinski definition) is 1. The lowest BCUT2D eigenvalue weighted by atomic mass is 10.0. The third-order valence-electron chi connectivity index (χ3n) is 2.98. The molecule has 0 aromatic heterocycles. The van der Waals surface area contributed by atoms with Gasteiger partial charge in [-0.05, 0) is 26.2 Å². The van der Waals surface area contributed by atoms with E-state index < -0.39 is 6.10 Å². The molecule has 1 heterocycles. The molecule has 2 rings (SSSR count). The lowest BCUT2D eigenvalue weighted by Gasteiger charge is -2.12. The number of carbonyl (C=O) groups is 1. The highest BCUT2D eigenvalue weighted by Crippen LogP contribution is 2.17. The second kappa shape index (κ2) is 6.47. The van der Waals surface area contributed by atoms with Gasteiger partial charge in [0.25, 0.3) is 5.91 Å². The van der Waals surface area contributed by atoms with Crippen LogP contribution >= 0.6 is 0 Å². The third kappa shape index (κ3) is 3.77. The van der Waals surface area contributed by atoms with Crippen molar-refractivity contribution in [3.63, 3.8) is 0 Å². The lowest BCUT2D eigenvalue weighted by molar-refractivity contribution is -0.131. The van der Waals surface area contributed by atoms with Gasteiger partial charge in [-0.1, -0.05) is 17.3 Å². The number of amides is 1. The van der Waals surface area contributed by atoms with Crippen LogP contribution in [0.5, 0.6) is 0 Å². The van der Waals surface area contributed by atoms with Crippen LogP contribution in [-0.2, 0) is 9.63 Å². The number of hydrogen-bond acceptors (Lipinski definition) is 4. The summed E-state index contributed by atoms with van der Waals surface area (Å²) in [6, 6.07) is 6.11. The Morgan fingerprint density at radius 3 is 3.05 bits per heavy atom. The van der Waals surface area contributed by atoms with Gasteiger partial charge in [-0.25, -0.2) is 4.39 Å². The van der Waals surface area contributed by atoms with E-state index in [1.165, 1.54) is 12.1 Å². The van der Waals surface area contributed by atoms with Crippen molar-refractivity contribution in [2.45, 2.75) is 12.5 Å². The second-order valence-corrected chi connectivity index (χ2v) is 4.94. The fourth-order valence-electron chi connectivity index (χ4n) is 1.87. The highest BCUT2D eigenvalue weighted by atomic mass is 19.1. The minimum Gasteiger partial charge on any atom is -0.382 e. The number of likely N-dealkylation sites (N-methyl/N-ethyl adjacent to an activating group) is 1. The van der Waals surface area contributed by atoms with Crippen molar-refractivity contribution in [3.8, 4) is 0 Å². The largest absolute Gasteiger partial charge is 0.382 e. The van der Waals surface area contributed by atoms with Gasteiger partial charge in [0.05, 0.1) is 5.71 Å². The molecule has 20 heavy (non-hydrogen) atoms. The molecule has 1 unspecified atom stereocenters. The summed E-state index contributed by atoms with van der Waals surface area (Å²) in [5.74, 6) is -0.522. The monoisotopic (exact) mass is 279 g/mol. The minimum atomic E-state index is -0.629. The number of nitrogens with zero attached hydrogens (tertiary/aromatic N) is 2. The second-order valence-electron chi connectivity index (χ2n) is 4.94. The first-order chi connectivity index (χ1) is 9.56. The summed E-state index contributed by atoms with van der Waals surface area (Å²) in [6.45, 7) is 1.32. The lowest BCUT2D eigenvalue weighted by Crippen LogP contribution is -2.38. The Kier molecular flexibility index (Phi) is 4.68. The molecule has 0 bridgehead atoms. The molecule has 5 nitrogen and oxygen atoms in total. The molecule has 6 heteroatoms. The van der Waals surface area contributed by atoms with Crippen molar-refractivity contribution >= 4 is 11.6 Å². The molecule has 0 spiro atoms. The van der Waals surface area contributed by atoms with Crippen LogP contribution in [0.25, 0.3) is 0 Å². The first-order valence-electron chi connectivity index (χ1n) is 6.47. The summed E-state index contributed by atoms with van der Waals surface area (Å²) in [7, 11) is 3.87. The molecule has 0 saturated heterocycles. The zero-order valence-electron chi connectivity index (χ0n) is 11.6. The van der Waals surface area contributed by atoms with Gasteiger partial charge in [-0.3, -0.25) is 4.79 Å². The van der Waals surface area contributed by atoms with E-state index in [4.69, 9.17) is 4.84 Å². The van der Waals surface area contributed by atoms with E-state index in [1.807, 2.05) is 19.0 Å². The summed E-state index contributed by atoms with van der Waals surface area (Å²) in [6.07, 6.45) is -0.271. The van der Waals surface area contributed by atoms with Crippen molar-refractivity contribution < 1.29 is 14.0 Å². The highest BCUT2D eigenvalue weighted by Gasteiger charge is 2.28. The molecule has 108 valence electrons. The van der Waals surface area contributed by atoms with Crippen LogP contribution in [0.4, 0.5) is 4.39 Å². The SMILES string of the molecule is CN(C)CCNC(=O)C1CC(c2cccc(F)c2)=NO1. The van der Waals surface area contributed by atoms with Crippen LogP contribution in [0.3, 0.4) is 0 Å². The number of nitrogens with one attached hydrogen (secondary N) is 1. The maximum absolute atomic E-state index is 13.1. The predicted molar refractivity (Wildman–Crippen MR) is 74.0 cm³/mol. The molecule has 0 aliphatic carbocycles. The van der Waals surface area contributed by atoms with Crippen LogP contribution in [0.2, 0.25) is 0 Å².